The summed E-state index contributed by atoms with van der Waals surface area (Å²) in [4.78, 5) is 32.7. The summed E-state index contributed by atoms with van der Waals surface area (Å²) in [6.07, 6.45) is 6.14. The zero-order valence-electron chi connectivity index (χ0n) is 19.7. The lowest BCUT2D eigenvalue weighted by atomic mass is 10.0. The second kappa shape index (κ2) is 9.46. The predicted octanol–water partition coefficient (Wildman–Crippen LogP) is 4.43. The maximum atomic E-state index is 13.9. The van der Waals surface area contributed by atoms with Gasteiger partial charge in [-0.2, -0.15) is 4.90 Å². The summed E-state index contributed by atoms with van der Waals surface area (Å²) in [5.41, 5.74) is 0.771. The highest BCUT2D eigenvalue weighted by molar-refractivity contribution is 6.19. The number of hydrogen-bond acceptors (Lipinski definition) is 7. The fourth-order valence-corrected chi connectivity index (χ4v) is 3.60. The lowest BCUT2D eigenvalue weighted by Crippen LogP contribution is -2.42. The molecule has 3 heterocycles. The molecule has 3 aromatic rings. The van der Waals surface area contributed by atoms with E-state index in [9.17, 15) is 9.59 Å². The molecule has 34 heavy (non-hydrogen) atoms. The molecule has 0 saturated heterocycles. The maximum absolute atomic E-state index is 13.9. The fourth-order valence-electron chi connectivity index (χ4n) is 3.60. The van der Waals surface area contributed by atoms with Gasteiger partial charge in [0.1, 0.15) is 29.2 Å². The van der Waals surface area contributed by atoms with E-state index in [1.54, 1.807) is 57.4 Å². The monoisotopic (exact) mass is 461 g/mol. The van der Waals surface area contributed by atoms with Crippen LogP contribution >= 0.6 is 0 Å². The zero-order chi connectivity index (χ0) is 24.3. The van der Waals surface area contributed by atoms with E-state index in [2.05, 4.69) is 15.2 Å². The maximum Gasteiger partial charge on any atom is 0.423 e. The van der Waals surface area contributed by atoms with Crippen LogP contribution in [-0.4, -0.2) is 44.5 Å². The third-order valence-electron chi connectivity index (χ3n) is 5.18. The fraction of sp³-hybridized carbons (Fsp3) is 0.320. The summed E-state index contributed by atoms with van der Waals surface area (Å²) in [5, 5.41) is 8.21. The van der Waals surface area contributed by atoms with Crippen molar-refractivity contribution in [1.29, 1.82) is 0 Å². The summed E-state index contributed by atoms with van der Waals surface area (Å²) < 4.78 is 12.8. The predicted molar refractivity (Wildman–Crippen MR) is 127 cm³/mol. The summed E-state index contributed by atoms with van der Waals surface area (Å²) in [6, 6.07) is 10.3. The third kappa shape index (κ3) is 4.98. The van der Waals surface area contributed by atoms with Gasteiger partial charge in [0, 0.05) is 12.1 Å². The summed E-state index contributed by atoms with van der Waals surface area (Å²) in [5.74, 6) is 0.634. The Balaban J connectivity index is 1.90. The second-order valence-electron chi connectivity index (χ2n) is 8.84. The van der Waals surface area contributed by atoms with Gasteiger partial charge >= 0.3 is 6.09 Å². The Bertz CT molecular complexity index is 1240. The molecular formula is C25H27N5O4. The van der Waals surface area contributed by atoms with Crippen molar-refractivity contribution in [2.45, 2.75) is 45.8 Å². The van der Waals surface area contributed by atoms with Crippen LogP contribution in [-0.2, 0) is 17.7 Å². The number of aromatic nitrogens is 4. The van der Waals surface area contributed by atoms with Gasteiger partial charge in [-0.25, -0.2) is 9.78 Å². The van der Waals surface area contributed by atoms with E-state index >= 15 is 0 Å². The molecule has 176 valence electrons. The van der Waals surface area contributed by atoms with Crippen LogP contribution in [0.15, 0.2) is 54.9 Å². The van der Waals surface area contributed by atoms with Gasteiger partial charge in [-0.3, -0.25) is 4.79 Å². The van der Waals surface area contributed by atoms with Crippen molar-refractivity contribution in [3.8, 4) is 17.3 Å². The van der Waals surface area contributed by atoms with Crippen LogP contribution in [0.2, 0.25) is 0 Å². The Kier molecular flexibility index (Phi) is 6.45. The molecule has 9 heteroatoms. The van der Waals surface area contributed by atoms with Crippen LogP contribution in [0.4, 0.5) is 10.6 Å². The summed E-state index contributed by atoms with van der Waals surface area (Å²) >= 11 is 0. The number of benzene rings is 1. The lowest BCUT2D eigenvalue weighted by Gasteiger charge is -2.26. The number of amides is 2. The highest BCUT2D eigenvalue weighted by Crippen LogP contribution is 2.26. The molecule has 0 saturated carbocycles. The lowest BCUT2D eigenvalue weighted by molar-refractivity contribution is 0.0563. The number of aryl methyl sites for hydroxylation is 1. The van der Waals surface area contributed by atoms with E-state index in [1.165, 1.54) is 7.11 Å². The molecule has 2 aromatic heterocycles. The van der Waals surface area contributed by atoms with Crippen LogP contribution in [0.3, 0.4) is 0 Å². The van der Waals surface area contributed by atoms with Gasteiger partial charge < -0.3 is 14.0 Å². The molecule has 2 amide bonds. The number of ether oxygens (including phenoxy) is 2. The van der Waals surface area contributed by atoms with Gasteiger partial charge in [-0.15, -0.1) is 10.2 Å². The van der Waals surface area contributed by atoms with Crippen LogP contribution < -0.4 is 9.64 Å². The topological polar surface area (TPSA) is 99.4 Å². The first-order valence-electron chi connectivity index (χ1n) is 11.0. The molecule has 1 aromatic carbocycles. The number of carbonyl (C=O) groups excluding carboxylic acids is 2. The van der Waals surface area contributed by atoms with E-state index in [4.69, 9.17) is 9.47 Å². The minimum absolute atomic E-state index is 0.132. The normalized spacial score (nSPS) is 15.1. The van der Waals surface area contributed by atoms with E-state index in [-0.39, 0.29) is 5.82 Å². The van der Waals surface area contributed by atoms with Crippen LogP contribution in [0.1, 0.15) is 43.1 Å². The largest absolute Gasteiger partial charge is 0.497 e. The number of pyridine rings is 1. The molecule has 0 spiro atoms. The van der Waals surface area contributed by atoms with Crippen molar-refractivity contribution in [3.05, 3.63) is 66.0 Å². The van der Waals surface area contributed by atoms with Crippen LogP contribution in [0, 0.1) is 0 Å². The van der Waals surface area contributed by atoms with E-state index in [1.807, 2.05) is 22.8 Å². The number of allylic oxidation sites excluding steroid dienone is 2. The van der Waals surface area contributed by atoms with E-state index in [0.29, 0.717) is 35.8 Å². The molecule has 0 unspecified atom stereocenters. The van der Waals surface area contributed by atoms with Crippen molar-refractivity contribution >= 4 is 17.8 Å². The highest BCUT2D eigenvalue weighted by atomic mass is 16.6. The minimum atomic E-state index is -0.819. The summed E-state index contributed by atoms with van der Waals surface area (Å²) in [6.45, 7) is 5.89. The molecular weight excluding hydrogens is 434 g/mol. The van der Waals surface area contributed by atoms with Crippen molar-refractivity contribution in [2.75, 3.05) is 12.0 Å². The molecule has 0 aliphatic carbocycles. The Morgan fingerprint density at radius 1 is 1.12 bits per heavy atom. The van der Waals surface area contributed by atoms with Gasteiger partial charge in [-0.1, -0.05) is 24.3 Å². The number of fused-ring (bicyclic) bond motifs is 5. The average Bonchev–Trinajstić information content (AvgIpc) is 3.26. The number of nitrogens with zero attached hydrogens (tertiary/aromatic N) is 5. The second-order valence-corrected chi connectivity index (χ2v) is 8.84. The zero-order valence-corrected chi connectivity index (χ0v) is 19.7. The van der Waals surface area contributed by atoms with Crippen LogP contribution in [0.5, 0.6) is 5.75 Å². The van der Waals surface area contributed by atoms with Gasteiger partial charge in [0.25, 0.3) is 5.91 Å². The number of imide groups is 1. The van der Waals surface area contributed by atoms with Gasteiger partial charge in [0.2, 0.25) is 0 Å². The highest BCUT2D eigenvalue weighted by Gasteiger charge is 2.32. The van der Waals surface area contributed by atoms with Crippen molar-refractivity contribution in [1.82, 2.24) is 19.7 Å². The Labute approximate surface area is 198 Å². The molecule has 4 rings (SSSR count). The number of anilines is 1. The summed E-state index contributed by atoms with van der Waals surface area (Å²) in [7, 11) is 1.53. The smallest absolute Gasteiger partial charge is 0.423 e. The number of hydrogen-bond donors (Lipinski definition) is 0. The van der Waals surface area contributed by atoms with E-state index < -0.39 is 17.6 Å². The van der Waals surface area contributed by atoms with Gasteiger partial charge in [-0.05, 0) is 63.4 Å². The quantitative estimate of drug-likeness (QED) is 0.494. The minimum Gasteiger partial charge on any atom is -0.497 e. The molecule has 2 bridgehead atoms. The Morgan fingerprint density at radius 3 is 2.71 bits per heavy atom. The molecule has 0 atom stereocenters. The molecule has 0 radical (unpaired) electrons. The van der Waals surface area contributed by atoms with Crippen LogP contribution in [0.25, 0.3) is 11.5 Å². The number of carbonyl (C=O) groups is 2. The molecule has 1 aliphatic rings. The average molecular weight is 462 g/mol. The number of methoxy groups -OCH3 is 1. The van der Waals surface area contributed by atoms with Crippen molar-refractivity contribution < 1.29 is 19.1 Å². The SMILES string of the molecule is COc1ccc2c(c1)C(=O)N(C(=O)OC(C)(C)C)c1cccc(n1)-c1nncn1CC/C=C/C2. The third-order valence-corrected chi connectivity index (χ3v) is 5.18. The first-order valence-corrected chi connectivity index (χ1v) is 11.0. The number of rotatable bonds is 1. The first-order chi connectivity index (χ1) is 16.3. The molecule has 1 aliphatic heterocycles. The van der Waals surface area contributed by atoms with Gasteiger partial charge in [0.05, 0.1) is 7.11 Å². The molecule has 0 N–H and O–H groups in total. The molecule has 0 fully saturated rings. The first kappa shape index (κ1) is 23.2. The van der Waals surface area contributed by atoms with Crippen molar-refractivity contribution in [3.63, 3.8) is 0 Å². The van der Waals surface area contributed by atoms with E-state index in [0.717, 1.165) is 16.9 Å². The van der Waals surface area contributed by atoms with Gasteiger partial charge in [0.15, 0.2) is 5.82 Å². The van der Waals surface area contributed by atoms with Crippen molar-refractivity contribution in [2.24, 2.45) is 0 Å². The Hall–Kier alpha value is -4.01. The standard InChI is InChI=1S/C25H27N5O4/c1-25(2,3)34-24(32)30-21-11-8-10-20(27-21)22-28-26-16-29(22)14-7-5-6-9-17-12-13-18(33-4)15-19(17)23(30)31/h5-6,8,10-13,15-16H,7,9,14H2,1-4H3/b6-5+. The molecule has 9 nitrogen and oxygen atoms in total. The Morgan fingerprint density at radius 2 is 1.94 bits per heavy atom.